The number of ether oxygens (including phenoxy) is 2. The highest BCUT2D eigenvalue weighted by molar-refractivity contribution is 5.92. The number of piperidine rings is 1. The second-order valence-corrected chi connectivity index (χ2v) is 6.53. The van der Waals surface area contributed by atoms with Gasteiger partial charge >= 0.3 is 5.97 Å². The Bertz CT molecular complexity index is 595. The largest absolute Gasteiger partial charge is 0.495 e. The first kappa shape index (κ1) is 19.2. The van der Waals surface area contributed by atoms with E-state index in [4.69, 9.17) is 9.47 Å². The van der Waals surface area contributed by atoms with Crippen molar-refractivity contribution in [2.45, 2.75) is 33.1 Å². The van der Waals surface area contributed by atoms with E-state index >= 15 is 0 Å². The number of carbonyl (C=O) groups excluding carboxylic acids is 2. The van der Waals surface area contributed by atoms with Crippen LogP contribution in [0.2, 0.25) is 0 Å². The smallest absolute Gasteiger partial charge is 0.309 e. The van der Waals surface area contributed by atoms with E-state index in [1.54, 1.807) is 7.11 Å². The Labute approximate surface area is 149 Å². The van der Waals surface area contributed by atoms with E-state index in [9.17, 15) is 9.59 Å². The number of quaternary nitrogens is 1. The number of amides is 1. The fourth-order valence-electron chi connectivity index (χ4n) is 3.19. The lowest BCUT2D eigenvalue weighted by Gasteiger charge is -2.27. The van der Waals surface area contributed by atoms with Gasteiger partial charge in [-0.3, -0.25) is 9.59 Å². The zero-order valence-corrected chi connectivity index (χ0v) is 15.4. The minimum Gasteiger partial charge on any atom is -0.495 e. The van der Waals surface area contributed by atoms with E-state index in [0.29, 0.717) is 24.5 Å². The fraction of sp³-hybridized carbons (Fsp3) is 0.579. The second-order valence-electron chi connectivity index (χ2n) is 6.53. The minimum atomic E-state index is -0.0779. The summed E-state index contributed by atoms with van der Waals surface area (Å²) in [6.07, 6.45) is 2.12. The number of methoxy groups -OCH3 is 1. The highest BCUT2D eigenvalue weighted by atomic mass is 16.5. The summed E-state index contributed by atoms with van der Waals surface area (Å²) < 4.78 is 10.4. The molecule has 1 amide bonds. The van der Waals surface area contributed by atoms with Gasteiger partial charge in [0.15, 0.2) is 0 Å². The molecule has 0 unspecified atom stereocenters. The quantitative estimate of drug-likeness (QED) is 0.726. The molecule has 6 nitrogen and oxygen atoms in total. The number of benzene rings is 1. The van der Waals surface area contributed by atoms with Crippen molar-refractivity contribution in [3.63, 3.8) is 0 Å². The van der Waals surface area contributed by atoms with Crippen molar-refractivity contribution in [1.29, 1.82) is 0 Å². The highest BCUT2D eigenvalue weighted by Crippen LogP contribution is 2.25. The Morgan fingerprint density at radius 1 is 1.28 bits per heavy atom. The normalized spacial score (nSPS) is 20.0. The molecule has 25 heavy (non-hydrogen) atoms. The molecule has 138 valence electrons. The van der Waals surface area contributed by atoms with Crippen LogP contribution in [-0.4, -0.2) is 45.2 Å². The van der Waals surface area contributed by atoms with Crippen LogP contribution < -0.4 is 15.0 Å². The van der Waals surface area contributed by atoms with Gasteiger partial charge < -0.3 is 19.7 Å². The lowest BCUT2D eigenvalue weighted by Crippen LogP contribution is -3.13. The number of aryl methyl sites for hydroxylation is 1. The average Bonchev–Trinajstić information content (AvgIpc) is 2.61. The molecule has 0 radical (unpaired) electrons. The van der Waals surface area contributed by atoms with Crippen LogP contribution in [0.3, 0.4) is 0 Å². The molecule has 0 bridgehead atoms. The zero-order chi connectivity index (χ0) is 18.2. The molecule has 0 aliphatic carbocycles. The molecule has 1 aromatic rings. The molecular weight excluding hydrogens is 320 g/mol. The van der Waals surface area contributed by atoms with Crippen molar-refractivity contribution in [2.75, 3.05) is 38.7 Å². The Morgan fingerprint density at radius 3 is 2.64 bits per heavy atom. The molecule has 6 heteroatoms. The maximum absolute atomic E-state index is 12.2. The van der Waals surface area contributed by atoms with Crippen LogP contribution in [0, 0.1) is 12.8 Å². The van der Waals surface area contributed by atoms with Gasteiger partial charge in [-0.15, -0.1) is 0 Å². The summed E-state index contributed by atoms with van der Waals surface area (Å²) in [6.45, 7) is 6.84. The molecule has 1 heterocycles. The van der Waals surface area contributed by atoms with E-state index < -0.39 is 0 Å². The van der Waals surface area contributed by atoms with Gasteiger partial charge in [0.2, 0.25) is 5.91 Å². The predicted molar refractivity (Wildman–Crippen MR) is 95.9 cm³/mol. The number of anilines is 1. The first-order valence-electron chi connectivity index (χ1n) is 8.98. The van der Waals surface area contributed by atoms with E-state index in [-0.39, 0.29) is 17.8 Å². The van der Waals surface area contributed by atoms with Gasteiger partial charge in [-0.05, 0) is 31.5 Å². The molecule has 1 fully saturated rings. The lowest BCUT2D eigenvalue weighted by molar-refractivity contribution is -0.905. The van der Waals surface area contributed by atoms with E-state index in [2.05, 4.69) is 5.32 Å². The molecular formula is C19H29N2O4+. The molecule has 0 aromatic heterocycles. The Hall–Kier alpha value is -2.08. The van der Waals surface area contributed by atoms with Gasteiger partial charge in [-0.2, -0.15) is 0 Å². The Morgan fingerprint density at radius 2 is 2.00 bits per heavy atom. The average molecular weight is 349 g/mol. The number of nitrogens with one attached hydrogen (secondary N) is 2. The molecule has 0 saturated carbocycles. The molecule has 1 aliphatic rings. The van der Waals surface area contributed by atoms with Crippen LogP contribution in [0.4, 0.5) is 5.69 Å². The maximum atomic E-state index is 12.2. The number of esters is 1. The van der Waals surface area contributed by atoms with Crippen molar-refractivity contribution >= 4 is 17.6 Å². The van der Waals surface area contributed by atoms with Crippen LogP contribution in [0.5, 0.6) is 5.75 Å². The topological polar surface area (TPSA) is 69.1 Å². The number of hydrogen-bond acceptors (Lipinski definition) is 4. The number of carbonyl (C=O) groups is 2. The van der Waals surface area contributed by atoms with Crippen molar-refractivity contribution in [2.24, 2.45) is 5.92 Å². The number of likely N-dealkylation sites (tertiary alicyclic amines) is 1. The van der Waals surface area contributed by atoms with Gasteiger partial charge in [0.05, 0.1) is 51.4 Å². The summed E-state index contributed by atoms with van der Waals surface area (Å²) >= 11 is 0. The van der Waals surface area contributed by atoms with E-state index in [1.807, 2.05) is 32.0 Å². The van der Waals surface area contributed by atoms with E-state index in [0.717, 1.165) is 38.0 Å². The molecule has 0 spiro atoms. The number of rotatable bonds is 7. The van der Waals surface area contributed by atoms with Gasteiger partial charge in [0, 0.05) is 12.8 Å². The SMILES string of the molecule is CCOC(=O)C1CC[NH+](CCC(=O)Nc2cc(C)ccc2OC)CC1. The fourth-order valence-corrected chi connectivity index (χ4v) is 3.19. The second kappa shape index (κ2) is 9.42. The van der Waals surface area contributed by atoms with Gasteiger partial charge in [-0.25, -0.2) is 0 Å². The summed E-state index contributed by atoms with van der Waals surface area (Å²) in [7, 11) is 1.60. The van der Waals surface area contributed by atoms with Crippen molar-refractivity contribution in [1.82, 2.24) is 0 Å². The zero-order valence-electron chi connectivity index (χ0n) is 15.4. The summed E-state index contributed by atoms with van der Waals surface area (Å²) in [5, 5.41) is 2.93. The van der Waals surface area contributed by atoms with Gasteiger partial charge in [-0.1, -0.05) is 6.07 Å². The van der Waals surface area contributed by atoms with Crippen LogP contribution >= 0.6 is 0 Å². The maximum Gasteiger partial charge on any atom is 0.309 e. The first-order valence-corrected chi connectivity index (χ1v) is 8.98. The van der Waals surface area contributed by atoms with Crippen LogP contribution in [-0.2, 0) is 14.3 Å². The lowest BCUT2D eigenvalue weighted by atomic mass is 9.97. The molecule has 1 aromatic carbocycles. The van der Waals surface area contributed by atoms with Gasteiger partial charge in [0.1, 0.15) is 5.75 Å². The Balaban J connectivity index is 1.76. The van der Waals surface area contributed by atoms with Crippen LogP contribution in [0.25, 0.3) is 0 Å². The molecule has 1 aliphatic heterocycles. The van der Waals surface area contributed by atoms with Crippen molar-refractivity contribution in [3.8, 4) is 5.75 Å². The first-order chi connectivity index (χ1) is 12.0. The monoisotopic (exact) mass is 349 g/mol. The summed E-state index contributed by atoms with van der Waals surface area (Å²) in [6, 6.07) is 5.72. The molecule has 2 rings (SSSR count). The predicted octanol–water partition coefficient (Wildman–Crippen LogP) is 1.19. The number of hydrogen-bond donors (Lipinski definition) is 2. The third kappa shape index (κ3) is 5.74. The van der Waals surface area contributed by atoms with Gasteiger partial charge in [0.25, 0.3) is 0 Å². The minimum absolute atomic E-state index is 0.0103. The summed E-state index contributed by atoms with van der Waals surface area (Å²) in [4.78, 5) is 25.4. The third-order valence-electron chi connectivity index (χ3n) is 4.65. The Kier molecular flexibility index (Phi) is 7.25. The molecule has 1 saturated heterocycles. The summed E-state index contributed by atoms with van der Waals surface area (Å²) in [5.41, 5.74) is 1.78. The standard InChI is InChI=1S/C19H28N2O4/c1-4-25-19(23)15-7-10-21(11-8-15)12-9-18(22)20-16-13-14(2)5-6-17(16)24-3/h5-6,13,15H,4,7-12H2,1-3H3,(H,20,22)/p+1. The highest BCUT2D eigenvalue weighted by Gasteiger charge is 2.28. The van der Waals surface area contributed by atoms with E-state index in [1.165, 1.54) is 4.90 Å². The van der Waals surface area contributed by atoms with Crippen molar-refractivity contribution < 1.29 is 24.0 Å². The van der Waals surface area contributed by atoms with Crippen LogP contribution in [0.1, 0.15) is 31.7 Å². The molecule has 0 atom stereocenters. The van der Waals surface area contributed by atoms with Crippen molar-refractivity contribution in [3.05, 3.63) is 23.8 Å². The summed E-state index contributed by atoms with van der Waals surface area (Å²) in [5.74, 6) is 0.602. The van der Waals surface area contributed by atoms with Crippen LogP contribution in [0.15, 0.2) is 18.2 Å². The molecule has 2 N–H and O–H groups in total. The third-order valence-corrected chi connectivity index (χ3v) is 4.65.